The van der Waals surface area contributed by atoms with E-state index in [0.29, 0.717) is 0 Å². The highest BCUT2D eigenvalue weighted by Gasteiger charge is 2.19. The summed E-state index contributed by atoms with van der Waals surface area (Å²) in [5, 5.41) is 7.66. The zero-order valence-corrected chi connectivity index (χ0v) is 10.2. The van der Waals surface area contributed by atoms with Gasteiger partial charge in [0, 0.05) is 6.54 Å². The molecular formula is C12H22N4. The van der Waals surface area contributed by atoms with Crippen molar-refractivity contribution < 1.29 is 0 Å². The highest BCUT2D eigenvalue weighted by Crippen LogP contribution is 2.33. The highest BCUT2D eigenvalue weighted by atomic mass is 15.3. The van der Waals surface area contributed by atoms with Gasteiger partial charge < -0.3 is 5.32 Å². The Morgan fingerprint density at radius 3 is 3.12 bits per heavy atom. The summed E-state index contributed by atoms with van der Waals surface area (Å²) in [5.74, 6) is 2.11. The van der Waals surface area contributed by atoms with Crippen LogP contribution in [0.1, 0.15) is 44.9 Å². The third kappa shape index (κ3) is 3.59. The predicted molar refractivity (Wildman–Crippen MR) is 64.0 cm³/mol. The lowest BCUT2D eigenvalue weighted by atomic mass is 10.2. The Kier molecular flexibility index (Phi) is 4.34. The van der Waals surface area contributed by atoms with Gasteiger partial charge in [-0.05, 0) is 31.7 Å². The van der Waals surface area contributed by atoms with Gasteiger partial charge in [-0.15, -0.1) is 0 Å². The summed E-state index contributed by atoms with van der Waals surface area (Å²) in [6, 6.07) is 0. The number of rotatable bonds is 8. The molecule has 16 heavy (non-hydrogen) atoms. The molecule has 1 aliphatic carbocycles. The van der Waals surface area contributed by atoms with Gasteiger partial charge in [0.1, 0.15) is 12.2 Å². The van der Waals surface area contributed by atoms with Crippen molar-refractivity contribution in [2.75, 3.05) is 6.54 Å². The molecule has 0 amide bonds. The molecular weight excluding hydrogens is 200 g/mol. The van der Waals surface area contributed by atoms with Crippen LogP contribution in [0.5, 0.6) is 0 Å². The fraction of sp³-hybridized carbons (Fsp3) is 0.833. The van der Waals surface area contributed by atoms with Crippen LogP contribution >= 0.6 is 0 Å². The van der Waals surface area contributed by atoms with Gasteiger partial charge in [-0.25, -0.2) is 9.67 Å². The van der Waals surface area contributed by atoms with Crippen molar-refractivity contribution in [2.45, 2.75) is 52.1 Å². The number of aromatic nitrogens is 3. The minimum atomic E-state index is 0.852. The van der Waals surface area contributed by atoms with Crippen molar-refractivity contribution in [1.29, 1.82) is 0 Å². The first kappa shape index (κ1) is 11.6. The number of nitrogens with one attached hydrogen (secondary N) is 1. The first-order valence-corrected chi connectivity index (χ1v) is 6.47. The highest BCUT2D eigenvalue weighted by molar-refractivity contribution is 4.83. The van der Waals surface area contributed by atoms with Crippen LogP contribution in [0.4, 0.5) is 0 Å². The Labute approximate surface area is 97.5 Å². The van der Waals surface area contributed by atoms with Gasteiger partial charge in [0.2, 0.25) is 0 Å². The molecule has 1 fully saturated rings. The minimum Gasteiger partial charge on any atom is -0.310 e. The molecule has 1 saturated carbocycles. The van der Waals surface area contributed by atoms with Crippen LogP contribution in [-0.2, 0) is 13.1 Å². The van der Waals surface area contributed by atoms with Gasteiger partial charge in [0.25, 0.3) is 0 Å². The van der Waals surface area contributed by atoms with E-state index >= 15 is 0 Å². The molecule has 0 aliphatic heterocycles. The van der Waals surface area contributed by atoms with Crippen molar-refractivity contribution in [1.82, 2.24) is 20.1 Å². The van der Waals surface area contributed by atoms with Gasteiger partial charge >= 0.3 is 0 Å². The summed E-state index contributed by atoms with van der Waals surface area (Å²) in [5.41, 5.74) is 0. The number of hydrogen-bond donors (Lipinski definition) is 1. The van der Waals surface area contributed by atoms with Crippen molar-refractivity contribution >= 4 is 0 Å². The lowest BCUT2D eigenvalue weighted by molar-refractivity contribution is 0.529. The van der Waals surface area contributed by atoms with Crippen LogP contribution < -0.4 is 5.32 Å². The van der Waals surface area contributed by atoms with E-state index in [2.05, 4.69) is 22.3 Å². The molecule has 0 saturated heterocycles. The molecule has 1 heterocycles. The van der Waals surface area contributed by atoms with Crippen LogP contribution in [0, 0.1) is 5.92 Å². The summed E-state index contributed by atoms with van der Waals surface area (Å²) in [4.78, 5) is 4.27. The van der Waals surface area contributed by atoms with Gasteiger partial charge in [0.15, 0.2) is 0 Å². The molecule has 0 aromatic carbocycles. The fourth-order valence-corrected chi connectivity index (χ4v) is 1.95. The number of nitrogens with zero attached hydrogens (tertiary/aromatic N) is 3. The van der Waals surface area contributed by atoms with E-state index < -0.39 is 0 Å². The summed E-state index contributed by atoms with van der Waals surface area (Å²) in [6.45, 7) is 5.09. The Morgan fingerprint density at radius 1 is 1.50 bits per heavy atom. The maximum absolute atomic E-state index is 4.27. The van der Waals surface area contributed by atoms with Crippen LogP contribution in [0.15, 0.2) is 6.33 Å². The standard InChI is InChI=1S/C12H22N4/c1-2-8-16-12(14-10-15-16)9-13-7-3-4-11-5-6-11/h10-11,13H,2-9H2,1H3. The smallest absolute Gasteiger partial charge is 0.140 e. The predicted octanol–water partition coefficient (Wildman–Crippen LogP) is 1.97. The van der Waals surface area contributed by atoms with E-state index in [1.54, 1.807) is 6.33 Å². The van der Waals surface area contributed by atoms with Crippen molar-refractivity contribution in [3.63, 3.8) is 0 Å². The maximum Gasteiger partial charge on any atom is 0.140 e. The van der Waals surface area contributed by atoms with Gasteiger partial charge in [-0.2, -0.15) is 5.10 Å². The molecule has 1 aliphatic rings. The molecule has 0 unspecified atom stereocenters. The van der Waals surface area contributed by atoms with Crippen LogP contribution in [0.25, 0.3) is 0 Å². The SMILES string of the molecule is CCCn1ncnc1CNCCCC1CC1. The molecule has 1 aromatic heterocycles. The largest absolute Gasteiger partial charge is 0.310 e. The molecule has 1 aromatic rings. The second-order valence-electron chi connectivity index (χ2n) is 4.66. The van der Waals surface area contributed by atoms with E-state index in [9.17, 15) is 0 Å². The lowest BCUT2D eigenvalue weighted by Crippen LogP contribution is -2.18. The fourth-order valence-electron chi connectivity index (χ4n) is 1.95. The average Bonchev–Trinajstić information content (AvgIpc) is 3.00. The Morgan fingerprint density at radius 2 is 2.38 bits per heavy atom. The lowest BCUT2D eigenvalue weighted by Gasteiger charge is -2.05. The quantitative estimate of drug-likeness (QED) is 0.684. The molecule has 90 valence electrons. The minimum absolute atomic E-state index is 0.852. The molecule has 4 nitrogen and oxygen atoms in total. The van der Waals surface area contributed by atoms with Gasteiger partial charge in [-0.1, -0.05) is 19.8 Å². The zero-order valence-electron chi connectivity index (χ0n) is 10.2. The molecule has 0 spiro atoms. The molecule has 0 atom stereocenters. The Bertz CT molecular complexity index is 304. The first-order valence-electron chi connectivity index (χ1n) is 6.47. The Hall–Kier alpha value is -0.900. The van der Waals surface area contributed by atoms with E-state index in [1.807, 2.05) is 4.68 Å². The molecule has 0 bridgehead atoms. The first-order chi connectivity index (χ1) is 7.90. The molecule has 2 rings (SSSR count). The van der Waals surface area contributed by atoms with Crippen LogP contribution in [-0.4, -0.2) is 21.3 Å². The van der Waals surface area contributed by atoms with Gasteiger partial charge in [-0.3, -0.25) is 0 Å². The normalized spacial score (nSPS) is 15.6. The topological polar surface area (TPSA) is 42.7 Å². The summed E-state index contributed by atoms with van der Waals surface area (Å²) >= 11 is 0. The zero-order chi connectivity index (χ0) is 11.2. The van der Waals surface area contributed by atoms with Crippen LogP contribution in [0.2, 0.25) is 0 Å². The van der Waals surface area contributed by atoms with Crippen molar-refractivity contribution in [3.05, 3.63) is 12.2 Å². The van der Waals surface area contributed by atoms with E-state index in [-0.39, 0.29) is 0 Å². The summed E-state index contributed by atoms with van der Waals surface area (Å²) in [7, 11) is 0. The Balaban J connectivity index is 1.61. The van der Waals surface area contributed by atoms with E-state index in [0.717, 1.165) is 37.8 Å². The van der Waals surface area contributed by atoms with Crippen molar-refractivity contribution in [2.24, 2.45) is 5.92 Å². The monoisotopic (exact) mass is 222 g/mol. The van der Waals surface area contributed by atoms with Crippen molar-refractivity contribution in [3.8, 4) is 0 Å². The maximum atomic E-state index is 4.27. The average molecular weight is 222 g/mol. The second-order valence-corrected chi connectivity index (χ2v) is 4.66. The summed E-state index contributed by atoms with van der Waals surface area (Å²) in [6.07, 6.45) is 8.38. The molecule has 0 radical (unpaired) electrons. The third-order valence-electron chi connectivity index (χ3n) is 3.08. The van der Waals surface area contributed by atoms with Gasteiger partial charge in [0.05, 0.1) is 6.54 Å². The second kappa shape index (κ2) is 5.99. The third-order valence-corrected chi connectivity index (χ3v) is 3.08. The van der Waals surface area contributed by atoms with E-state index in [4.69, 9.17) is 0 Å². The van der Waals surface area contributed by atoms with E-state index in [1.165, 1.54) is 25.7 Å². The molecule has 1 N–H and O–H groups in total. The summed E-state index contributed by atoms with van der Waals surface area (Å²) < 4.78 is 1.99. The molecule has 4 heteroatoms. The number of hydrogen-bond acceptors (Lipinski definition) is 3. The van der Waals surface area contributed by atoms with Crippen LogP contribution in [0.3, 0.4) is 0 Å². The number of aryl methyl sites for hydroxylation is 1.